The Morgan fingerprint density at radius 2 is 1.72 bits per heavy atom. The van der Waals surface area contributed by atoms with Crippen LogP contribution in [0.2, 0.25) is 5.02 Å². The van der Waals surface area contributed by atoms with Crippen molar-refractivity contribution >= 4 is 40.7 Å². The Labute approximate surface area is 215 Å². The first-order valence-electron chi connectivity index (χ1n) is 12.2. The van der Waals surface area contributed by atoms with Crippen LogP contribution < -0.4 is 10.6 Å². The van der Waals surface area contributed by atoms with Gasteiger partial charge in [0.05, 0.1) is 30.1 Å². The normalized spacial score (nSPS) is 33.4. The third kappa shape index (κ3) is 3.62. The number of hydrogen-bond acceptors (Lipinski definition) is 5. The van der Waals surface area contributed by atoms with E-state index in [1.165, 1.54) is 4.90 Å². The summed E-state index contributed by atoms with van der Waals surface area (Å²) in [4.78, 5) is 42.8. The second-order valence-electron chi connectivity index (χ2n) is 10.3. The van der Waals surface area contributed by atoms with E-state index in [2.05, 4.69) is 10.6 Å². The van der Waals surface area contributed by atoms with Crippen molar-refractivity contribution < 1.29 is 24.2 Å². The first-order valence-corrected chi connectivity index (χ1v) is 12.6. The van der Waals surface area contributed by atoms with Gasteiger partial charge in [0, 0.05) is 16.4 Å². The number of nitrogens with one attached hydrogen (secondary N) is 2. The molecule has 8 nitrogen and oxygen atoms in total. The highest BCUT2D eigenvalue weighted by Gasteiger charge is 2.80. The summed E-state index contributed by atoms with van der Waals surface area (Å²) in [7, 11) is 0. The van der Waals surface area contributed by atoms with Crippen LogP contribution in [-0.4, -0.2) is 57.6 Å². The van der Waals surface area contributed by atoms with Gasteiger partial charge in [-0.2, -0.15) is 0 Å². The highest BCUT2D eigenvalue weighted by atomic mass is 35.5. The maximum Gasteiger partial charge on any atom is 0.250 e. The van der Waals surface area contributed by atoms with Crippen molar-refractivity contribution in [1.82, 2.24) is 4.90 Å². The predicted octanol–water partition coefficient (Wildman–Crippen LogP) is 3.31. The number of amides is 3. The number of anilines is 2. The molecule has 3 aliphatic rings. The number of carbonyl (C=O) groups excluding carboxylic acids is 3. The van der Waals surface area contributed by atoms with Gasteiger partial charge in [0.15, 0.2) is 0 Å². The molecular weight excluding hydrogens is 482 g/mol. The molecule has 3 aliphatic heterocycles. The summed E-state index contributed by atoms with van der Waals surface area (Å²) in [5.74, 6) is -2.81. The SMILES string of the molecule is CC1CC23O[C@@]1(C)[C@H](C(=O)Nc1ccccc1)[C@H]2C(=O)N([C@H](C)CO)C3C(=O)Nc1ccc(Cl)cc1. The topological polar surface area (TPSA) is 108 Å². The number of halogens is 1. The number of likely N-dealkylation sites (tertiary alicyclic amines) is 1. The van der Waals surface area contributed by atoms with Crippen molar-refractivity contribution in [1.29, 1.82) is 0 Å². The molecule has 3 N–H and O–H groups in total. The minimum atomic E-state index is -1.19. The minimum Gasteiger partial charge on any atom is -0.394 e. The summed E-state index contributed by atoms with van der Waals surface area (Å²) in [6.07, 6.45) is 0.447. The lowest BCUT2D eigenvalue weighted by Gasteiger charge is -2.36. The molecule has 3 heterocycles. The van der Waals surface area contributed by atoms with Gasteiger partial charge in [0.1, 0.15) is 11.6 Å². The molecule has 3 amide bonds. The molecule has 9 heteroatoms. The zero-order valence-corrected chi connectivity index (χ0v) is 21.2. The smallest absolute Gasteiger partial charge is 0.250 e. The first kappa shape index (κ1) is 24.7. The summed E-state index contributed by atoms with van der Waals surface area (Å²) in [5.41, 5.74) is -0.965. The van der Waals surface area contributed by atoms with Crippen LogP contribution in [0.15, 0.2) is 54.6 Å². The molecule has 3 unspecified atom stereocenters. The molecule has 2 aromatic rings. The highest BCUT2D eigenvalue weighted by molar-refractivity contribution is 6.30. The Bertz CT molecular complexity index is 1190. The Kier molecular flexibility index (Phi) is 6.09. The Balaban J connectivity index is 1.54. The van der Waals surface area contributed by atoms with Crippen molar-refractivity contribution in [3.05, 3.63) is 59.6 Å². The van der Waals surface area contributed by atoms with Gasteiger partial charge in [-0.15, -0.1) is 0 Å². The number of ether oxygens (including phenoxy) is 1. The molecule has 0 radical (unpaired) electrons. The number of carbonyl (C=O) groups is 3. The van der Waals surface area contributed by atoms with Crippen LogP contribution in [0.5, 0.6) is 0 Å². The lowest BCUT2D eigenvalue weighted by molar-refractivity contribution is -0.147. The van der Waals surface area contributed by atoms with Crippen LogP contribution >= 0.6 is 11.6 Å². The van der Waals surface area contributed by atoms with Crippen LogP contribution in [0.1, 0.15) is 27.2 Å². The second kappa shape index (κ2) is 8.87. The Morgan fingerprint density at radius 3 is 2.36 bits per heavy atom. The Morgan fingerprint density at radius 1 is 1.11 bits per heavy atom. The number of aliphatic hydroxyl groups is 1. The minimum absolute atomic E-state index is 0.0803. The third-order valence-electron chi connectivity index (χ3n) is 8.18. The monoisotopic (exact) mass is 511 g/mol. The van der Waals surface area contributed by atoms with Gasteiger partial charge in [-0.1, -0.05) is 36.7 Å². The van der Waals surface area contributed by atoms with E-state index < -0.39 is 41.0 Å². The van der Waals surface area contributed by atoms with Crippen molar-refractivity contribution in [2.75, 3.05) is 17.2 Å². The molecule has 3 saturated heterocycles. The maximum absolute atomic E-state index is 14.0. The number of hydrogen-bond donors (Lipinski definition) is 3. The summed E-state index contributed by atoms with van der Waals surface area (Å²) in [5, 5.41) is 16.3. The summed E-state index contributed by atoms with van der Waals surface area (Å²) in [6.45, 7) is 5.22. The van der Waals surface area contributed by atoms with Gasteiger partial charge in [-0.05, 0) is 62.6 Å². The highest BCUT2D eigenvalue weighted by Crippen LogP contribution is 2.65. The van der Waals surface area contributed by atoms with Crippen LogP contribution in [0, 0.1) is 17.8 Å². The number of fused-ring (bicyclic) bond motifs is 1. The van der Waals surface area contributed by atoms with E-state index in [0.29, 0.717) is 22.8 Å². The molecule has 2 bridgehead atoms. The third-order valence-corrected chi connectivity index (χ3v) is 8.43. The average Bonchev–Trinajstić information content (AvgIpc) is 3.37. The van der Waals surface area contributed by atoms with Gasteiger partial charge in [-0.3, -0.25) is 14.4 Å². The van der Waals surface area contributed by atoms with Crippen LogP contribution in [0.4, 0.5) is 11.4 Å². The van der Waals surface area contributed by atoms with E-state index in [9.17, 15) is 19.5 Å². The molecule has 0 aromatic heterocycles. The number of benzene rings is 2. The average molecular weight is 512 g/mol. The molecule has 190 valence electrons. The molecule has 0 saturated carbocycles. The maximum atomic E-state index is 14.0. The molecular formula is C27H30ClN3O5. The number of nitrogens with zero attached hydrogens (tertiary/aromatic N) is 1. The number of aliphatic hydroxyl groups excluding tert-OH is 1. The lowest BCUT2D eigenvalue weighted by Crippen LogP contribution is -2.56. The largest absolute Gasteiger partial charge is 0.394 e. The van der Waals surface area contributed by atoms with Crippen molar-refractivity contribution in [2.45, 2.75) is 50.5 Å². The molecule has 0 aliphatic carbocycles. The first-order chi connectivity index (χ1) is 17.1. The van der Waals surface area contributed by atoms with E-state index in [1.807, 2.05) is 32.0 Å². The number of rotatable bonds is 6. The fourth-order valence-electron chi connectivity index (χ4n) is 6.42. The predicted molar refractivity (Wildman–Crippen MR) is 135 cm³/mol. The molecule has 1 spiro atoms. The van der Waals surface area contributed by atoms with Crippen LogP contribution in [0.25, 0.3) is 0 Å². The van der Waals surface area contributed by atoms with Crippen LogP contribution in [0.3, 0.4) is 0 Å². The fraction of sp³-hybridized carbons (Fsp3) is 0.444. The van der Waals surface area contributed by atoms with E-state index in [4.69, 9.17) is 16.3 Å². The lowest BCUT2D eigenvalue weighted by atomic mass is 9.62. The van der Waals surface area contributed by atoms with Crippen molar-refractivity contribution in [2.24, 2.45) is 17.8 Å². The second-order valence-corrected chi connectivity index (χ2v) is 10.8. The van der Waals surface area contributed by atoms with Crippen molar-refractivity contribution in [3.8, 4) is 0 Å². The van der Waals surface area contributed by atoms with Gasteiger partial charge in [0.25, 0.3) is 0 Å². The summed E-state index contributed by atoms with van der Waals surface area (Å²) >= 11 is 5.98. The zero-order chi connectivity index (χ0) is 25.8. The van der Waals surface area contributed by atoms with Crippen molar-refractivity contribution in [3.63, 3.8) is 0 Å². The molecule has 5 rings (SSSR count). The Hall–Kier alpha value is -2.94. The molecule has 36 heavy (non-hydrogen) atoms. The molecule has 7 atom stereocenters. The van der Waals surface area contributed by atoms with E-state index >= 15 is 0 Å². The van der Waals surface area contributed by atoms with Gasteiger partial charge >= 0.3 is 0 Å². The van der Waals surface area contributed by atoms with Gasteiger partial charge in [-0.25, -0.2) is 0 Å². The quantitative estimate of drug-likeness (QED) is 0.551. The van der Waals surface area contributed by atoms with E-state index in [0.717, 1.165) is 0 Å². The van der Waals surface area contributed by atoms with E-state index in [1.54, 1.807) is 43.3 Å². The molecule has 2 aromatic carbocycles. The summed E-state index contributed by atoms with van der Waals surface area (Å²) < 4.78 is 6.65. The van der Waals surface area contributed by atoms with Gasteiger partial charge < -0.3 is 25.4 Å². The zero-order valence-electron chi connectivity index (χ0n) is 20.4. The van der Waals surface area contributed by atoms with E-state index in [-0.39, 0.29) is 24.3 Å². The molecule has 3 fully saturated rings. The fourth-order valence-corrected chi connectivity index (χ4v) is 6.55. The summed E-state index contributed by atoms with van der Waals surface area (Å²) in [6, 6.07) is 14.1. The number of para-hydroxylation sites is 1. The van der Waals surface area contributed by atoms with Gasteiger partial charge in [0.2, 0.25) is 17.7 Å². The standard InChI is InChI=1S/C27H30ClN3O5/c1-15-13-27-21(20(26(15,3)36-27)23(33)29-18-7-5-4-6-8-18)25(35)31(16(2)14-32)22(27)24(34)30-19-11-9-17(28)10-12-19/h4-12,15-16,20-22,32H,13-14H2,1-3H3,(H,29,33)(H,30,34)/t15?,16-,20+,21+,22?,26-,27?/m1/s1. The van der Waals surface area contributed by atoms with Crippen LogP contribution in [-0.2, 0) is 19.1 Å².